The van der Waals surface area contributed by atoms with Crippen LogP contribution in [0.4, 0.5) is 83.4 Å². The predicted octanol–water partition coefficient (Wildman–Crippen LogP) is 5.42. The molecule has 0 saturated heterocycles. The number of hydrogen-bond acceptors (Lipinski definition) is 4. The van der Waals surface area contributed by atoms with Gasteiger partial charge in [0.25, 0.3) is 0 Å². The summed E-state index contributed by atoms with van der Waals surface area (Å²) in [6.45, 7) is -2.89. The monoisotopic (exact) mass is 548 g/mol. The van der Waals surface area contributed by atoms with Gasteiger partial charge < -0.3 is 5.11 Å². The average molecular weight is 548 g/mol. The van der Waals surface area contributed by atoms with Crippen LogP contribution in [0.25, 0.3) is 0 Å². The van der Waals surface area contributed by atoms with E-state index in [-0.39, 0.29) is 0 Å². The maximum Gasteiger partial charge on any atom is 0.460 e. The molecule has 0 aromatic heterocycles. The van der Waals surface area contributed by atoms with Crippen molar-refractivity contribution in [3.63, 3.8) is 0 Å². The Hall–Kier alpha value is -1.49. The Morgan fingerprint density at radius 1 is 0.394 bits per heavy atom. The van der Waals surface area contributed by atoms with Crippen LogP contribution in [0.5, 0.6) is 0 Å². The van der Waals surface area contributed by atoms with Gasteiger partial charge in [0.15, 0.2) is 0 Å². The first-order valence-corrected chi connectivity index (χ1v) is 6.74. The molecule has 0 heterocycles. The highest BCUT2D eigenvalue weighted by molar-refractivity contribution is 4.97. The summed E-state index contributed by atoms with van der Waals surface area (Å²) in [6, 6.07) is 0. The number of aliphatic hydroxyl groups excluding tert-OH is 1. The Morgan fingerprint density at radius 3 is 0.939 bits per heavy atom. The molecule has 0 aliphatic heterocycles. The summed E-state index contributed by atoms with van der Waals surface area (Å²) >= 11 is 0. The molecule has 0 spiro atoms. The normalized spacial score (nSPS) is 16.4. The van der Waals surface area contributed by atoms with Gasteiger partial charge in [-0.3, -0.25) is 0 Å². The van der Waals surface area contributed by atoms with Crippen molar-refractivity contribution in [2.75, 3.05) is 6.61 Å². The van der Waals surface area contributed by atoms with Crippen LogP contribution in [0.1, 0.15) is 0 Å². The highest BCUT2D eigenvalue weighted by Gasteiger charge is 2.85. The van der Waals surface area contributed by atoms with E-state index in [0.29, 0.717) is 0 Å². The van der Waals surface area contributed by atoms with Crippen molar-refractivity contribution in [2.24, 2.45) is 0 Å². The number of halogens is 19. The van der Waals surface area contributed by atoms with E-state index in [1.54, 1.807) is 0 Å². The Morgan fingerprint density at radius 2 is 0.667 bits per heavy atom. The van der Waals surface area contributed by atoms with Gasteiger partial charge in [0, 0.05) is 0 Å². The summed E-state index contributed by atoms with van der Waals surface area (Å²) in [6.07, 6.45) is -51.7. The SMILES string of the molecule is OCC(F)(F)OC(F)(F)C(F)(F)OC(F)(F)C(F)(F)OC(F)(F)C(F)(F)C(F)(F)C(F)(F)F. The first-order chi connectivity index (χ1) is 13.9. The van der Waals surface area contributed by atoms with Crippen molar-refractivity contribution >= 4 is 0 Å². The fraction of sp³-hybridized carbons (Fsp3) is 1.00. The molecule has 0 fully saturated rings. The molecule has 200 valence electrons. The maximum absolute atomic E-state index is 13.0. The van der Waals surface area contributed by atoms with Crippen LogP contribution < -0.4 is 0 Å². The molecule has 0 saturated carbocycles. The molecule has 33 heavy (non-hydrogen) atoms. The van der Waals surface area contributed by atoms with Crippen molar-refractivity contribution in [3.05, 3.63) is 0 Å². The van der Waals surface area contributed by atoms with Crippen molar-refractivity contribution in [1.29, 1.82) is 0 Å². The molecule has 0 aromatic rings. The zero-order valence-electron chi connectivity index (χ0n) is 14.1. The molecule has 0 unspecified atom stereocenters. The first-order valence-electron chi connectivity index (χ1n) is 6.74. The lowest BCUT2D eigenvalue weighted by atomic mass is 10.1. The molecule has 0 radical (unpaired) electrons. The largest absolute Gasteiger partial charge is 0.460 e. The Bertz CT molecular complexity index is 683. The Balaban J connectivity index is 6.06. The minimum atomic E-state index is -8.17. The molecular formula is C10H3F19O4. The standard InChI is InChI=1S/C10H3F19O4/c11-2(12,1-30)31-7(22,23)8(24,25)33-10(28,29)9(26,27)32-6(20,21)4(15,16)3(13,14)5(17,18)19/h30H,1H2. The van der Waals surface area contributed by atoms with Gasteiger partial charge in [-0.05, 0) is 0 Å². The van der Waals surface area contributed by atoms with E-state index in [0.717, 1.165) is 4.74 Å². The van der Waals surface area contributed by atoms with Crippen molar-refractivity contribution in [2.45, 2.75) is 54.7 Å². The second-order valence-corrected chi connectivity index (χ2v) is 5.33. The molecule has 23 heteroatoms. The van der Waals surface area contributed by atoms with Crippen LogP contribution in [0.3, 0.4) is 0 Å². The smallest absolute Gasteiger partial charge is 0.387 e. The minimum absolute atomic E-state index is 1.14. The number of aliphatic hydroxyl groups is 1. The van der Waals surface area contributed by atoms with Crippen LogP contribution in [0.2, 0.25) is 0 Å². The third-order valence-corrected chi connectivity index (χ3v) is 2.77. The van der Waals surface area contributed by atoms with E-state index in [9.17, 15) is 83.4 Å². The molecular weight excluding hydrogens is 545 g/mol. The molecule has 0 atom stereocenters. The number of rotatable bonds is 11. The molecule has 0 bridgehead atoms. The van der Waals surface area contributed by atoms with E-state index in [1.807, 2.05) is 4.74 Å². The van der Waals surface area contributed by atoms with Crippen molar-refractivity contribution < 1.29 is 103 Å². The van der Waals surface area contributed by atoms with Crippen LogP contribution in [-0.2, 0) is 14.2 Å². The van der Waals surface area contributed by atoms with E-state index in [4.69, 9.17) is 5.11 Å². The van der Waals surface area contributed by atoms with E-state index >= 15 is 0 Å². The molecule has 0 aliphatic carbocycles. The molecule has 0 amide bonds. The minimum Gasteiger partial charge on any atom is -0.387 e. The number of ether oxygens (including phenoxy) is 3. The summed E-state index contributed by atoms with van der Waals surface area (Å²) in [7, 11) is 0. The number of alkyl halides is 19. The van der Waals surface area contributed by atoms with Gasteiger partial charge in [0.2, 0.25) is 0 Å². The lowest BCUT2D eigenvalue weighted by molar-refractivity contribution is -0.569. The van der Waals surface area contributed by atoms with E-state index in [1.165, 1.54) is 4.74 Å². The van der Waals surface area contributed by atoms with Gasteiger partial charge in [-0.15, -0.1) is 0 Å². The molecule has 0 aromatic carbocycles. The fourth-order valence-corrected chi connectivity index (χ4v) is 1.20. The topological polar surface area (TPSA) is 47.9 Å². The van der Waals surface area contributed by atoms with Gasteiger partial charge >= 0.3 is 54.7 Å². The zero-order valence-corrected chi connectivity index (χ0v) is 14.1. The van der Waals surface area contributed by atoms with Crippen LogP contribution in [0.15, 0.2) is 0 Å². The van der Waals surface area contributed by atoms with Gasteiger partial charge in [-0.1, -0.05) is 0 Å². The Labute approximate surface area is 165 Å². The van der Waals surface area contributed by atoms with E-state index in [2.05, 4.69) is 0 Å². The zero-order chi connectivity index (χ0) is 27.3. The average Bonchev–Trinajstić information content (AvgIpc) is 2.50. The molecule has 1 N–H and O–H groups in total. The second kappa shape index (κ2) is 8.32. The summed E-state index contributed by atoms with van der Waals surface area (Å²) in [5.74, 6) is -16.2. The highest BCUT2D eigenvalue weighted by atomic mass is 19.4. The van der Waals surface area contributed by atoms with Crippen LogP contribution in [0, 0.1) is 0 Å². The van der Waals surface area contributed by atoms with Gasteiger partial charge in [-0.2, -0.15) is 83.4 Å². The maximum atomic E-state index is 13.0. The quantitative estimate of drug-likeness (QED) is 0.351. The molecule has 0 rings (SSSR count). The van der Waals surface area contributed by atoms with Crippen molar-refractivity contribution in [3.8, 4) is 0 Å². The summed E-state index contributed by atoms with van der Waals surface area (Å²) in [5, 5.41) is 7.83. The van der Waals surface area contributed by atoms with Gasteiger partial charge in [0.1, 0.15) is 6.61 Å². The lowest BCUT2D eigenvalue weighted by Crippen LogP contribution is -2.65. The predicted molar refractivity (Wildman–Crippen MR) is 56.0 cm³/mol. The van der Waals surface area contributed by atoms with E-state index < -0.39 is 61.3 Å². The van der Waals surface area contributed by atoms with Crippen LogP contribution >= 0.6 is 0 Å². The van der Waals surface area contributed by atoms with Gasteiger partial charge in [0.05, 0.1) is 0 Å². The van der Waals surface area contributed by atoms with Crippen LogP contribution in [-0.4, -0.2) is 66.4 Å². The first kappa shape index (κ1) is 31.5. The Kier molecular flexibility index (Phi) is 7.94. The lowest BCUT2D eigenvalue weighted by Gasteiger charge is -2.37. The summed E-state index contributed by atoms with van der Waals surface area (Å²) < 4.78 is 244. The summed E-state index contributed by atoms with van der Waals surface area (Å²) in [5.41, 5.74) is 0. The number of hydrogen-bond donors (Lipinski definition) is 1. The van der Waals surface area contributed by atoms with Gasteiger partial charge in [-0.25, -0.2) is 14.2 Å². The summed E-state index contributed by atoms with van der Waals surface area (Å²) in [4.78, 5) is 0. The van der Waals surface area contributed by atoms with Crippen molar-refractivity contribution in [1.82, 2.24) is 0 Å². The molecule has 4 nitrogen and oxygen atoms in total. The molecule has 0 aliphatic rings. The third kappa shape index (κ3) is 5.96. The fourth-order valence-electron chi connectivity index (χ4n) is 1.20. The second-order valence-electron chi connectivity index (χ2n) is 5.33. The highest BCUT2D eigenvalue weighted by Crippen LogP contribution is 2.56. The third-order valence-electron chi connectivity index (χ3n) is 2.77.